The van der Waals surface area contributed by atoms with Gasteiger partial charge in [0.25, 0.3) is 5.69 Å². The molecule has 0 saturated carbocycles. The molecule has 0 fully saturated rings. The Morgan fingerprint density at radius 1 is 1.32 bits per heavy atom. The van der Waals surface area contributed by atoms with Gasteiger partial charge >= 0.3 is 5.97 Å². The van der Waals surface area contributed by atoms with Crippen LogP contribution in [0.1, 0.15) is 16.1 Å². The molecule has 1 aromatic heterocycles. The van der Waals surface area contributed by atoms with E-state index in [4.69, 9.17) is 5.11 Å². The normalized spacial score (nSPS) is 10.3. The Hall–Kier alpha value is -2.70. The molecule has 0 atom stereocenters. The zero-order chi connectivity index (χ0) is 13.8. The third kappa shape index (κ3) is 2.95. The minimum Gasteiger partial charge on any atom is -0.477 e. The predicted molar refractivity (Wildman–Crippen MR) is 66.0 cm³/mol. The van der Waals surface area contributed by atoms with E-state index in [1.165, 1.54) is 29.1 Å². The number of aromatic nitrogens is 2. The summed E-state index contributed by atoms with van der Waals surface area (Å²) < 4.78 is 1.39. The molecule has 0 saturated heterocycles. The van der Waals surface area contributed by atoms with Gasteiger partial charge in [0.1, 0.15) is 5.69 Å². The van der Waals surface area contributed by atoms with E-state index < -0.39 is 10.9 Å². The molecular formula is C12H11N3O4. The fraction of sp³-hybridized carbons (Fsp3) is 0.167. The SMILES string of the molecule is O=C(O)c1ccnn1CCc1ccc([N+](=O)[O-])cc1. The summed E-state index contributed by atoms with van der Waals surface area (Å²) in [6.07, 6.45) is 1.99. The number of aromatic carboxylic acids is 1. The number of hydrogen-bond donors (Lipinski definition) is 1. The first-order valence-electron chi connectivity index (χ1n) is 5.56. The van der Waals surface area contributed by atoms with E-state index in [-0.39, 0.29) is 11.4 Å². The first kappa shape index (κ1) is 12.7. The Morgan fingerprint density at radius 2 is 2.00 bits per heavy atom. The lowest BCUT2D eigenvalue weighted by Gasteiger charge is -2.04. The van der Waals surface area contributed by atoms with Gasteiger partial charge in [-0.1, -0.05) is 12.1 Å². The molecule has 1 aromatic carbocycles. The molecule has 0 radical (unpaired) electrons. The first-order chi connectivity index (χ1) is 9.08. The molecule has 0 bridgehead atoms. The van der Waals surface area contributed by atoms with Crippen molar-refractivity contribution in [2.45, 2.75) is 13.0 Å². The van der Waals surface area contributed by atoms with Crippen LogP contribution in [0.15, 0.2) is 36.5 Å². The van der Waals surface area contributed by atoms with Crippen LogP contribution in [-0.4, -0.2) is 25.8 Å². The van der Waals surface area contributed by atoms with Crippen molar-refractivity contribution >= 4 is 11.7 Å². The van der Waals surface area contributed by atoms with Crippen LogP contribution in [0.25, 0.3) is 0 Å². The third-order valence-corrected chi connectivity index (χ3v) is 2.70. The zero-order valence-corrected chi connectivity index (χ0v) is 9.89. The van der Waals surface area contributed by atoms with E-state index in [9.17, 15) is 14.9 Å². The van der Waals surface area contributed by atoms with Crippen molar-refractivity contribution in [1.82, 2.24) is 9.78 Å². The maximum atomic E-state index is 10.9. The number of aryl methyl sites for hydroxylation is 2. The molecule has 2 aromatic rings. The largest absolute Gasteiger partial charge is 0.477 e. The van der Waals surface area contributed by atoms with Gasteiger partial charge in [0, 0.05) is 24.9 Å². The van der Waals surface area contributed by atoms with Crippen molar-refractivity contribution in [2.75, 3.05) is 0 Å². The second kappa shape index (κ2) is 5.30. The summed E-state index contributed by atoms with van der Waals surface area (Å²) in [5.74, 6) is -1.03. The number of hydrogen-bond acceptors (Lipinski definition) is 4. The van der Waals surface area contributed by atoms with Crippen LogP contribution in [0.5, 0.6) is 0 Å². The highest BCUT2D eigenvalue weighted by Gasteiger charge is 2.10. The molecule has 7 nitrogen and oxygen atoms in total. The minimum absolute atomic E-state index is 0.0362. The number of carboxylic acids is 1. The lowest BCUT2D eigenvalue weighted by atomic mass is 10.1. The summed E-state index contributed by atoms with van der Waals surface area (Å²) in [4.78, 5) is 20.9. The maximum Gasteiger partial charge on any atom is 0.354 e. The van der Waals surface area contributed by atoms with Crippen LogP contribution in [0.2, 0.25) is 0 Å². The average molecular weight is 261 g/mol. The fourth-order valence-corrected chi connectivity index (χ4v) is 1.71. The number of nitro groups is 1. The first-order valence-corrected chi connectivity index (χ1v) is 5.56. The second-order valence-electron chi connectivity index (χ2n) is 3.92. The molecule has 19 heavy (non-hydrogen) atoms. The maximum absolute atomic E-state index is 10.9. The van der Waals surface area contributed by atoms with Gasteiger partial charge < -0.3 is 5.11 Å². The van der Waals surface area contributed by atoms with Crippen LogP contribution in [0, 0.1) is 10.1 Å². The van der Waals surface area contributed by atoms with E-state index in [0.717, 1.165) is 5.56 Å². The Morgan fingerprint density at radius 3 is 2.58 bits per heavy atom. The Labute approximate surface area is 108 Å². The molecule has 0 unspecified atom stereocenters. The van der Waals surface area contributed by atoms with E-state index in [1.54, 1.807) is 12.1 Å². The second-order valence-corrected chi connectivity index (χ2v) is 3.92. The molecule has 0 spiro atoms. The number of non-ortho nitro benzene ring substituents is 1. The molecular weight excluding hydrogens is 250 g/mol. The monoisotopic (exact) mass is 261 g/mol. The van der Waals surface area contributed by atoms with Crippen LogP contribution in [0.3, 0.4) is 0 Å². The van der Waals surface area contributed by atoms with Gasteiger partial charge in [-0.2, -0.15) is 5.10 Å². The van der Waals surface area contributed by atoms with Gasteiger partial charge in [-0.05, 0) is 18.1 Å². The number of carbonyl (C=O) groups is 1. The number of carboxylic acid groups (broad SMARTS) is 1. The molecule has 0 aliphatic rings. The lowest BCUT2D eigenvalue weighted by molar-refractivity contribution is -0.384. The molecule has 98 valence electrons. The van der Waals surface area contributed by atoms with Crippen LogP contribution in [0.4, 0.5) is 5.69 Å². The fourth-order valence-electron chi connectivity index (χ4n) is 1.71. The van der Waals surface area contributed by atoms with Crippen molar-refractivity contribution in [3.63, 3.8) is 0 Å². The molecule has 2 rings (SSSR count). The van der Waals surface area contributed by atoms with Gasteiger partial charge in [0.05, 0.1) is 4.92 Å². The Kier molecular flexibility index (Phi) is 3.56. The minimum atomic E-state index is -1.03. The van der Waals surface area contributed by atoms with Gasteiger partial charge in [0.2, 0.25) is 0 Å². The van der Waals surface area contributed by atoms with Crippen LogP contribution >= 0.6 is 0 Å². The topological polar surface area (TPSA) is 98.3 Å². The molecule has 0 aliphatic heterocycles. The molecule has 0 aliphatic carbocycles. The number of nitro benzene ring substituents is 1. The highest BCUT2D eigenvalue weighted by Crippen LogP contribution is 2.13. The molecule has 1 heterocycles. The summed E-state index contributed by atoms with van der Waals surface area (Å²) in [6.45, 7) is 0.409. The summed E-state index contributed by atoms with van der Waals surface area (Å²) >= 11 is 0. The molecule has 7 heteroatoms. The van der Waals surface area contributed by atoms with E-state index in [2.05, 4.69) is 5.10 Å². The quantitative estimate of drug-likeness (QED) is 0.652. The zero-order valence-electron chi connectivity index (χ0n) is 9.89. The van der Waals surface area contributed by atoms with Gasteiger partial charge in [-0.15, -0.1) is 0 Å². The third-order valence-electron chi connectivity index (χ3n) is 2.70. The predicted octanol–water partition coefficient (Wildman–Crippen LogP) is 1.73. The van der Waals surface area contributed by atoms with Crippen molar-refractivity contribution in [1.29, 1.82) is 0 Å². The summed E-state index contributed by atoms with van der Waals surface area (Å²) in [6, 6.07) is 7.59. The van der Waals surface area contributed by atoms with Gasteiger partial charge in [0.15, 0.2) is 0 Å². The summed E-state index contributed by atoms with van der Waals surface area (Å²) in [5.41, 5.74) is 1.05. The highest BCUT2D eigenvalue weighted by molar-refractivity contribution is 5.85. The number of nitrogens with zero attached hydrogens (tertiary/aromatic N) is 3. The summed E-state index contributed by atoms with van der Waals surface area (Å²) in [5, 5.41) is 23.3. The van der Waals surface area contributed by atoms with Crippen LogP contribution in [-0.2, 0) is 13.0 Å². The van der Waals surface area contributed by atoms with Crippen LogP contribution < -0.4 is 0 Å². The standard InChI is InChI=1S/C12H11N3O4/c16-12(17)11-5-7-13-14(11)8-6-9-1-3-10(4-2-9)15(18)19/h1-5,7H,6,8H2,(H,16,17). The highest BCUT2D eigenvalue weighted by atomic mass is 16.6. The average Bonchev–Trinajstić information content (AvgIpc) is 2.85. The smallest absolute Gasteiger partial charge is 0.354 e. The number of rotatable bonds is 5. The number of benzene rings is 1. The van der Waals surface area contributed by atoms with E-state index >= 15 is 0 Å². The van der Waals surface area contributed by atoms with Crippen molar-refractivity contribution in [3.05, 3.63) is 57.9 Å². The Bertz CT molecular complexity index is 604. The van der Waals surface area contributed by atoms with E-state index in [1.807, 2.05) is 0 Å². The molecule has 1 N–H and O–H groups in total. The summed E-state index contributed by atoms with van der Waals surface area (Å²) in [7, 11) is 0. The van der Waals surface area contributed by atoms with Gasteiger partial charge in [-0.3, -0.25) is 14.8 Å². The van der Waals surface area contributed by atoms with Crippen molar-refractivity contribution in [2.24, 2.45) is 0 Å². The molecule has 0 amide bonds. The van der Waals surface area contributed by atoms with Crippen molar-refractivity contribution in [3.8, 4) is 0 Å². The van der Waals surface area contributed by atoms with Crippen molar-refractivity contribution < 1.29 is 14.8 Å². The lowest BCUT2D eigenvalue weighted by Crippen LogP contribution is -2.11. The Balaban J connectivity index is 2.04. The van der Waals surface area contributed by atoms with Gasteiger partial charge in [-0.25, -0.2) is 4.79 Å². The van der Waals surface area contributed by atoms with E-state index in [0.29, 0.717) is 13.0 Å².